The minimum atomic E-state index is -0.597. The summed E-state index contributed by atoms with van der Waals surface area (Å²) >= 11 is 1.08. The van der Waals surface area contributed by atoms with E-state index in [-0.39, 0.29) is 11.1 Å². The first kappa shape index (κ1) is 21.4. The second-order valence-corrected chi connectivity index (χ2v) is 10.0. The van der Waals surface area contributed by atoms with Crippen molar-refractivity contribution < 1.29 is 9.18 Å². The molecular formula is C22H23FN8OS. The fourth-order valence-corrected chi connectivity index (χ4v) is 4.31. The lowest BCUT2D eigenvalue weighted by Crippen LogP contribution is -2.21. The van der Waals surface area contributed by atoms with E-state index >= 15 is 0 Å². The average Bonchev–Trinajstić information content (AvgIpc) is 3.14. The van der Waals surface area contributed by atoms with Gasteiger partial charge < -0.3 is 16.0 Å². The number of carbonyl (C=O) groups is 1. The first-order valence-electron chi connectivity index (χ1n) is 10.5. The van der Waals surface area contributed by atoms with Crippen LogP contribution in [0.4, 0.5) is 20.0 Å². The molecule has 0 radical (unpaired) electrons. The monoisotopic (exact) mass is 466 g/mol. The van der Waals surface area contributed by atoms with E-state index in [4.69, 9.17) is 5.73 Å². The van der Waals surface area contributed by atoms with Crippen molar-refractivity contribution in [3.63, 3.8) is 0 Å². The van der Waals surface area contributed by atoms with Gasteiger partial charge in [0.1, 0.15) is 23.6 Å². The Hall–Kier alpha value is -3.44. The van der Waals surface area contributed by atoms with Crippen LogP contribution < -0.4 is 16.4 Å². The summed E-state index contributed by atoms with van der Waals surface area (Å²) in [6, 6.07) is 4.02. The minimum Gasteiger partial charge on any atom is -0.345 e. The van der Waals surface area contributed by atoms with Crippen molar-refractivity contribution in [1.82, 2.24) is 24.3 Å². The third kappa shape index (κ3) is 4.05. The lowest BCUT2D eigenvalue weighted by molar-refractivity contribution is 0.262. The molecule has 9 nitrogen and oxygen atoms in total. The quantitative estimate of drug-likeness (QED) is 0.350. The van der Waals surface area contributed by atoms with Gasteiger partial charge >= 0.3 is 6.03 Å². The highest BCUT2D eigenvalue weighted by atomic mass is 32.1. The number of nitrogens with two attached hydrogens (primary N) is 1. The fourth-order valence-electron chi connectivity index (χ4n) is 3.55. The van der Waals surface area contributed by atoms with Crippen LogP contribution in [0.2, 0.25) is 0 Å². The molecule has 170 valence electrons. The molecule has 5 N–H and O–H groups in total. The van der Waals surface area contributed by atoms with E-state index in [1.165, 1.54) is 18.5 Å². The predicted molar refractivity (Wildman–Crippen MR) is 126 cm³/mol. The zero-order valence-corrected chi connectivity index (χ0v) is 19.2. The number of benzene rings is 1. The second kappa shape index (κ2) is 7.56. The van der Waals surface area contributed by atoms with E-state index in [1.807, 2.05) is 20.8 Å². The molecule has 0 spiro atoms. The molecule has 1 fully saturated rings. The van der Waals surface area contributed by atoms with E-state index in [0.29, 0.717) is 22.2 Å². The number of urea groups is 1. The maximum atomic E-state index is 14.9. The fraction of sp³-hybridized carbons (Fsp3) is 0.318. The number of H-pyrrole nitrogens is 1. The zero-order valence-electron chi connectivity index (χ0n) is 18.4. The highest BCUT2D eigenvalue weighted by molar-refractivity contribution is 7.09. The molecule has 4 aromatic rings. The Morgan fingerprint density at radius 2 is 2.03 bits per heavy atom. The van der Waals surface area contributed by atoms with Crippen LogP contribution in [0.15, 0.2) is 30.7 Å². The highest BCUT2D eigenvalue weighted by Crippen LogP contribution is 2.46. The van der Waals surface area contributed by atoms with Crippen LogP contribution in [-0.2, 0) is 11.0 Å². The van der Waals surface area contributed by atoms with Crippen LogP contribution in [0, 0.1) is 5.82 Å². The number of nitrogens with one attached hydrogen (secondary N) is 3. The van der Waals surface area contributed by atoms with Gasteiger partial charge in [0.15, 0.2) is 0 Å². The molecule has 33 heavy (non-hydrogen) atoms. The number of anilines is 2. The number of halogens is 1. The van der Waals surface area contributed by atoms with Crippen molar-refractivity contribution in [2.75, 3.05) is 10.6 Å². The van der Waals surface area contributed by atoms with Crippen LogP contribution in [0.3, 0.4) is 0 Å². The van der Waals surface area contributed by atoms with Gasteiger partial charge in [-0.05, 0) is 30.5 Å². The third-order valence-corrected chi connectivity index (χ3v) is 6.21. The summed E-state index contributed by atoms with van der Waals surface area (Å²) in [6.07, 6.45) is 4.95. The van der Waals surface area contributed by atoms with Crippen molar-refractivity contribution in [1.29, 1.82) is 0 Å². The van der Waals surface area contributed by atoms with E-state index < -0.39 is 17.4 Å². The van der Waals surface area contributed by atoms with Crippen LogP contribution in [-0.4, -0.2) is 30.3 Å². The van der Waals surface area contributed by atoms with Gasteiger partial charge in [-0.15, -0.1) is 0 Å². The molecule has 0 unspecified atom stereocenters. The SMILES string of the molecule is CC(C)(C)c1nsc(NC(=O)Nc2ccc(-c3c[nH]c4ncnc(C5(N)CC5)c34)cc2F)n1. The van der Waals surface area contributed by atoms with Crippen LogP contribution in [0.25, 0.3) is 22.2 Å². The van der Waals surface area contributed by atoms with Gasteiger partial charge in [-0.2, -0.15) is 4.37 Å². The number of nitrogens with zero attached hydrogens (tertiary/aromatic N) is 4. The van der Waals surface area contributed by atoms with Crippen LogP contribution in [0.1, 0.15) is 45.1 Å². The summed E-state index contributed by atoms with van der Waals surface area (Å²) < 4.78 is 19.2. The second-order valence-electron chi connectivity index (χ2n) is 9.25. The van der Waals surface area contributed by atoms with E-state index in [1.54, 1.807) is 12.3 Å². The lowest BCUT2D eigenvalue weighted by Gasteiger charge is -2.12. The summed E-state index contributed by atoms with van der Waals surface area (Å²) in [5.74, 6) is 0.0581. The first-order valence-corrected chi connectivity index (χ1v) is 11.2. The Morgan fingerprint density at radius 3 is 2.70 bits per heavy atom. The third-order valence-electron chi connectivity index (χ3n) is 5.58. The number of aromatic nitrogens is 5. The highest BCUT2D eigenvalue weighted by Gasteiger charge is 2.43. The van der Waals surface area contributed by atoms with Gasteiger partial charge in [-0.3, -0.25) is 5.32 Å². The van der Waals surface area contributed by atoms with Crippen LogP contribution >= 0.6 is 11.5 Å². The molecule has 1 aliphatic rings. The minimum absolute atomic E-state index is 0.0469. The Kier molecular flexibility index (Phi) is 4.91. The molecule has 5 rings (SSSR count). The predicted octanol–water partition coefficient (Wildman–Crippen LogP) is 4.50. The zero-order chi connectivity index (χ0) is 23.4. The molecule has 3 heterocycles. The van der Waals surface area contributed by atoms with Crippen molar-refractivity contribution in [2.24, 2.45) is 5.73 Å². The number of fused-ring (bicyclic) bond motifs is 1. The number of hydrogen-bond donors (Lipinski definition) is 4. The molecule has 0 saturated heterocycles. The summed E-state index contributed by atoms with van der Waals surface area (Å²) in [5, 5.41) is 6.26. The Morgan fingerprint density at radius 1 is 1.24 bits per heavy atom. The molecule has 1 saturated carbocycles. The van der Waals surface area contributed by atoms with E-state index in [2.05, 4.69) is 34.9 Å². The maximum absolute atomic E-state index is 14.9. The van der Waals surface area contributed by atoms with E-state index in [0.717, 1.165) is 41.0 Å². The molecule has 0 atom stereocenters. The smallest absolute Gasteiger partial charge is 0.325 e. The molecule has 1 aromatic carbocycles. The summed E-state index contributed by atoms with van der Waals surface area (Å²) in [5.41, 5.74) is 8.55. The van der Waals surface area contributed by atoms with Crippen molar-refractivity contribution >= 4 is 39.4 Å². The maximum Gasteiger partial charge on any atom is 0.325 e. The number of rotatable bonds is 4. The molecule has 3 aromatic heterocycles. The largest absolute Gasteiger partial charge is 0.345 e. The first-order chi connectivity index (χ1) is 15.6. The molecular weight excluding hydrogens is 443 g/mol. The number of carbonyl (C=O) groups excluding carboxylic acids is 1. The van der Waals surface area contributed by atoms with Crippen LogP contribution in [0.5, 0.6) is 0 Å². The standard InChI is InChI=1S/C22H23FN8OS/c1-21(2,3)18-29-20(33-31-18)30-19(32)28-14-5-4-11(8-13(14)23)12-9-25-17-15(12)16(26-10-27-17)22(24)6-7-22/h4-5,8-10H,6-7,24H2,1-3H3,(H,25,26,27)(H2,28,29,30,31,32). The molecule has 1 aliphatic carbocycles. The molecule has 2 amide bonds. The summed E-state index contributed by atoms with van der Waals surface area (Å²) in [6.45, 7) is 5.95. The van der Waals surface area contributed by atoms with Gasteiger partial charge in [-0.1, -0.05) is 26.8 Å². The number of amides is 2. The normalized spacial score (nSPS) is 14.9. The topological polar surface area (TPSA) is 134 Å². The Balaban J connectivity index is 1.37. The Bertz CT molecular complexity index is 1370. The molecule has 0 bridgehead atoms. The van der Waals surface area contributed by atoms with Gasteiger partial charge in [-0.25, -0.2) is 24.1 Å². The summed E-state index contributed by atoms with van der Waals surface area (Å²) in [4.78, 5) is 28.5. The van der Waals surface area contributed by atoms with Gasteiger partial charge in [0, 0.05) is 28.7 Å². The van der Waals surface area contributed by atoms with E-state index in [9.17, 15) is 9.18 Å². The number of aromatic amines is 1. The summed E-state index contributed by atoms with van der Waals surface area (Å²) in [7, 11) is 0. The van der Waals surface area contributed by atoms with Gasteiger partial charge in [0.05, 0.1) is 22.3 Å². The lowest BCUT2D eigenvalue weighted by atomic mass is 9.96. The number of hydrogen-bond acceptors (Lipinski definition) is 7. The molecule has 11 heteroatoms. The van der Waals surface area contributed by atoms with Gasteiger partial charge in [0.2, 0.25) is 5.13 Å². The van der Waals surface area contributed by atoms with Crippen molar-refractivity contribution in [3.05, 3.63) is 48.1 Å². The van der Waals surface area contributed by atoms with Gasteiger partial charge in [0.25, 0.3) is 0 Å². The average molecular weight is 467 g/mol. The Labute approximate surface area is 193 Å². The molecule has 0 aliphatic heterocycles. The van der Waals surface area contributed by atoms with Crippen molar-refractivity contribution in [3.8, 4) is 11.1 Å². The van der Waals surface area contributed by atoms with Crippen molar-refractivity contribution in [2.45, 2.75) is 44.6 Å².